The molecular formula is C12H24N8O2+2. The van der Waals surface area contributed by atoms with Gasteiger partial charge in [-0.1, -0.05) is 0 Å². The van der Waals surface area contributed by atoms with Crippen LogP contribution in [0.15, 0.2) is 12.5 Å². The van der Waals surface area contributed by atoms with Crippen LogP contribution in [0.4, 0.5) is 0 Å². The molecule has 122 valence electrons. The molecule has 10 nitrogen and oxygen atoms in total. The molecule has 0 saturated carbocycles. The van der Waals surface area contributed by atoms with Gasteiger partial charge in [0.25, 0.3) is 5.91 Å². The molecular weight excluding hydrogens is 288 g/mol. The molecule has 12 N–H and O–H groups in total. The normalized spacial score (nSPS) is 13.1. The Morgan fingerprint density at radius 3 is 2.68 bits per heavy atom. The third kappa shape index (κ3) is 6.22. The van der Waals surface area contributed by atoms with Gasteiger partial charge in [-0.25, -0.2) is 4.98 Å². The van der Waals surface area contributed by atoms with Crippen molar-refractivity contribution in [3.63, 3.8) is 0 Å². The maximum atomic E-state index is 12.0. The zero-order chi connectivity index (χ0) is 16.5. The minimum Gasteiger partial charge on any atom is -0.368 e. The number of nitrogens with zero attached hydrogens (tertiary/aromatic N) is 1. The Bertz CT molecular complexity index is 509. The Hall–Kier alpha value is -2.62. The third-order valence-corrected chi connectivity index (χ3v) is 3.07. The Morgan fingerprint density at radius 2 is 2.14 bits per heavy atom. The first-order valence-corrected chi connectivity index (χ1v) is 6.92. The lowest BCUT2D eigenvalue weighted by molar-refractivity contribution is -0.463. The molecule has 0 saturated heterocycles. The number of nitrogens with one attached hydrogen (secondary N) is 3. The molecule has 0 bridgehead atoms. The standard InChI is InChI=1S/C12H22N8O2/c13-8(2-1-3-18-12(15)16)11(22)20-9(10(14)21)4-7-5-17-6-19-7/h5-6,8-9H,1-4,13H2,(H2,14,21)(H,17,19)(H,20,22)(H4,15,16,18)/p+2/t8-,9-/m0/s1. The zero-order valence-electron chi connectivity index (χ0n) is 12.3. The molecule has 2 amide bonds. The Morgan fingerprint density at radius 1 is 1.41 bits per heavy atom. The maximum Gasteiger partial charge on any atom is 0.338 e. The molecule has 2 atom stereocenters. The van der Waals surface area contributed by atoms with E-state index < -0.39 is 18.0 Å². The van der Waals surface area contributed by atoms with Gasteiger partial charge >= 0.3 is 5.96 Å². The molecule has 0 aliphatic rings. The highest BCUT2D eigenvalue weighted by Gasteiger charge is 2.24. The van der Waals surface area contributed by atoms with Crippen LogP contribution in [-0.4, -0.2) is 46.4 Å². The highest BCUT2D eigenvalue weighted by atomic mass is 16.2. The molecule has 1 aromatic heterocycles. The van der Waals surface area contributed by atoms with Crippen LogP contribution in [0.3, 0.4) is 0 Å². The highest BCUT2D eigenvalue weighted by Crippen LogP contribution is 1.99. The summed E-state index contributed by atoms with van der Waals surface area (Å²) >= 11 is 0. The van der Waals surface area contributed by atoms with Gasteiger partial charge in [0.15, 0.2) is 6.04 Å². The van der Waals surface area contributed by atoms with Crippen molar-refractivity contribution >= 4 is 17.8 Å². The monoisotopic (exact) mass is 312 g/mol. The number of primary amides is 1. The molecule has 0 radical (unpaired) electrons. The largest absolute Gasteiger partial charge is 0.368 e. The lowest BCUT2D eigenvalue weighted by Crippen LogP contribution is -2.78. The summed E-state index contributed by atoms with van der Waals surface area (Å²) in [5.74, 6) is -0.797. The summed E-state index contributed by atoms with van der Waals surface area (Å²) in [7, 11) is 0. The van der Waals surface area contributed by atoms with E-state index in [0.29, 0.717) is 25.1 Å². The van der Waals surface area contributed by atoms with Gasteiger partial charge in [0.2, 0.25) is 5.91 Å². The molecule has 22 heavy (non-hydrogen) atoms. The van der Waals surface area contributed by atoms with Crippen molar-refractivity contribution in [2.24, 2.45) is 17.2 Å². The minimum absolute atomic E-state index is 0.137. The smallest absolute Gasteiger partial charge is 0.338 e. The van der Waals surface area contributed by atoms with Crippen LogP contribution in [0, 0.1) is 0 Å². The molecule has 0 spiro atoms. The number of rotatable bonds is 9. The van der Waals surface area contributed by atoms with Gasteiger partial charge in [-0.05, 0) is 6.42 Å². The van der Waals surface area contributed by atoms with Crippen molar-refractivity contribution < 1.29 is 20.3 Å². The van der Waals surface area contributed by atoms with Crippen LogP contribution in [-0.2, 0) is 16.0 Å². The molecule has 0 aliphatic heterocycles. The van der Waals surface area contributed by atoms with Gasteiger partial charge in [0.1, 0.15) is 6.04 Å². The van der Waals surface area contributed by atoms with E-state index in [-0.39, 0.29) is 18.3 Å². The fourth-order valence-electron chi connectivity index (χ4n) is 1.84. The fourth-order valence-corrected chi connectivity index (χ4v) is 1.84. The predicted molar refractivity (Wildman–Crippen MR) is 78.5 cm³/mol. The first-order chi connectivity index (χ1) is 10.4. The number of hydrogen-bond donors (Lipinski definition) is 7. The molecule has 0 unspecified atom stereocenters. The number of guanidine groups is 1. The van der Waals surface area contributed by atoms with Gasteiger partial charge in [-0.3, -0.25) is 26.0 Å². The topological polar surface area (TPSA) is 195 Å². The minimum atomic E-state index is -0.802. The highest BCUT2D eigenvalue weighted by molar-refractivity contribution is 5.88. The third-order valence-electron chi connectivity index (χ3n) is 3.07. The lowest BCUT2D eigenvalue weighted by atomic mass is 10.1. The summed E-state index contributed by atoms with van der Waals surface area (Å²) in [6.45, 7) is 0.551. The van der Waals surface area contributed by atoms with Crippen molar-refractivity contribution in [1.82, 2.24) is 15.3 Å². The number of H-pyrrole nitrogens is 1. The van der Waals surface area contributed by atoms with E-state index in [1.54, 1.807) is 6.20 Å². The molecule has 1 aromatic rings. The van der Waals surface area contributed by atoms with E-state index in [0.717, 1.165) is 0 Å². The first kappa shape index (κ1) is 17.4. The molecule has 10 heteroatoms. The van der Waals surface area contributed by atoms with Gasteiger partial charge in [0.05, 0.1) is 12.9 Å². The van der Waals surface area contributed by atoms with Gasteiger partial charge in [0, 0.05) is 24.7 Å². The van der Waals surface area contributed by atoms with E-state index in [9.17, 15) is 9.59 Å². The summed E-state index contributed by atoms with van der Waals surface area (Å²) in [5.41, 5.74) is 20.3. The number of aromatic nitrogens is 2. The van der Waals surface area contributed by atoms with Crippen molar-refractivity contribution in [1.29, 1.82) is 0 Å². The van der Waals surface area contributed by atoms with Crippen molar-refractivity contribution in [3.05, 3.63) is 18.2 Å². The molecule has 0 aromatic carbocycles. The summed E-state index contributed by atoms with van der Waals surface area (Å²) in [6.07, 6.45) is 4.52. The molecule has 0 aliphatic carbocycles. The van der Waals surface area contributed by atoms with Gasteiger partial charge < -0.3 is 21.8 Å². The average molecular weight is 312 g/mol. The fraction of sp³-hybridized carbons (Fsp3) is 0.500. The van der Waals surface area contributed by atoms with Crippen molar-refractivity contribution in [3.8, 4) is 0 Å². The Balaban J connectivity index is 2.45. The van der Waals surface area contributed by atoms with Gasteiger partial charge in [-0.2, -0.15) is 0 Å². The number of imidazole rings is 1. The second-order valence-corrected chi connectivity index (χ2v) is 4.97. The maximum absolute atomic E-state index is 12.0. The summed E-state index contributed by atoms with van der Waals surface area (Å²) in [4.78, 5) is 32.9. The van der Waals surface area contributed by atoms with Crippen LogP contribution < -0.4 is 33.2 Å². The number of quaternary nitrogens is 1. The van der Waals surface area contributed by atoms with Gasteiger partial charge in [-0.15, -0.1) is 0 Å². The second-order valence-electron chi connectivity index (χ2n) is 4.97. The number of carbonyl (C=O) groups is 2. The average Bonchev–Trinajstić information content (AvgIpc) is 2.95. The van der Waals surface area contributed by atoms with E-state index in [2.05, 4.69) is 26.0 Å². The summed E-state index contributed by atoms with van der Waals surface area (Å²) < 4.78 is 0. The van der Waals surface area contributed by atoms with Crippen molar-refractivity contribution in [2.45, 2.75) is 31.3 Å². The number of amides is 2. The number of aromatic amines is 1. The van der Waals surface area contributed by atoms with E-state index in [4.69, 9.17) is 17.2 Å². The van der Waals surface area contributed by atoms with E-state index in [1.807, 2.05) is 0 Å². The SMILES string of the molecule is NC(=O)[C@H](Cc1cnc[nH]1)NC(=O)[C@@H]([NH3+])CCC[NH+]=C(N)N. The Kier molecular flexibility index (Phi) is 6.83. The van der Waals surface area contributed by atoms with Crippen LogP contribution in [0.2, 0.25) is 0 Å². The van der Waals surface area contributed by atoms with E-state index in [1.165, 1.54) is 6.33 Å². The summed E-state index contributed by atoms with van der Waals surface area (Å²) in [5, 5.41) is 2.61. The van der Waals surface area contributed by atoms with Crippen LogP contribution in [0.1, 0.15) is 18.5 Å². The number of hydrogen-bond acceptors (Lipinski definition) is 3. The first-order valence-electron chi connectivity index (χ1n) is 6.92. The summed E-state index contributed by atoms with van der Waals surface area (Å²) in [6, 6.07) is -1.30. The lowest BCUT2D eigenvalue weighted by Gasteiger charge is -2.16. The van der Waals surface area contributed by atoms with Crippen LogP contribution in [0.25, 0.3) is 0 Å². The molecule has 1 heterocycles. The van der Waals surface area contributed by atoms with Crippen LogP contribution in [0.5, 0.6) is 0 Å². The van der Waals surface area contributed by atoms with Crippen molar-refractivity contribution in [2.75, 3.05) is 6.54 Å². The van der Waals surface area contributed by atoms with Crippen LogP contribution >= 0.6 is 0 Å². The Labute approximate surface area is 127 Å². The van der Waals surface area contributed by atoms with E-state index >= 15 is 0 Å². The predicted octanol–water partition coefficient (Wildman–Crippen LogP) is -5.33. The molecule has 0 fully saturated rings. The molecule has 1 rings (SSSR count). The zero-order valence-corrected chi connectivity index (χ0v) is 12.3. The number of nitrogens with two attached hydrogens (primary N) is 3. The second kappa shape index (κ2) is 8.62. The quantitative estimate of drug-likeness (QED) is 0.136. The number of carbonyl (C=O) groups excluding carboxylic acids is 2.